The molecule has 0 radical (unpaired) electrons. The fourth-order valence-corrected chi connectivity index (χ4v) is 12.5. The van der Waals surface area contributed by atoms with Crippen LogP contribution in [0.1, 0.15) is 74.9 Å². The van der Waals surface area contributed by atoms with Crippen molar-refractivity contribution in [3.05, 3.63) is 252 Å². The highest BCUT2D eigenvalue weighted by molar-refractivity contribution is 5.95. The van der Waals surface area contributed by atoms with E-state index in [0.29, 0.717) is 0 Å². The number of fused-ring (bicyclic) bond motifs is 9. The molecule has 330 valence electrons. The van der Waals surface area contributed by atoms with Gasteiger partial charge in [0.05, 0.1) is 0 Å². The van der Waals surface area contributed by atoms with Crippen LogP contribution in [0.15, 0.2) is 218 Å². The van der Waals surface area contributed by atoms with Crippen molar-refractivity contribution in [2.75, 3.05) is 0 Å². The summed E-state index contributed by atoms with van der Waals surface area (Å²) in [6.45, 7) is 14.4. The van der Waals surface area contributed by atoms with Crippen molar-refractivity contribution in [2.45, 2.75) is 57.8 Å². The Morgan fingerprint density at radius 1 is 0.174 bits per heavy atom. The Morgan fingerprint density at radius 2 is 0.435 bits per heavy atom. The van der Waals surface area contributed by atoms with E-state index in [1.807, 2.05) is 0 Å². The summed E-state index contributed by atoms with van der Waals surface area (Å²) in [5.74, 6) is 0. The van der Waals surface area contributed by atoms with Gasteiger partial charge in [0, 0.05) is 16.2 Å². The molecule has 0 amide bonds. The van der Waals surface area contributed by atoms with Crippen molar-refractivity contribution in [3.63, 3.8) is 0 Å². The molecule has 10 aromatic rings. The predicted octanol–water partition coefficient (Wildman–Crippen LogP) is 18.6. The molecule has 0 atom stereocenters. The van der Waals surface area contributed by atoms with E-state index in [2.05, 4.69) is 260 Å². The quantitative estimate of drug-likeness (QED) is 0.156. The van der Waals surface area contributed by atoms with Gasteiger partial charge in [0.1, 0.15) is 0 Å². The van der Waals surface area contributed by atoms with Gasteiger partial charge in [-0.3, -0.25) is 0 Å². The van der Waals surface area contributed by atoms with Crippen LogP contribution in [-0.2, 0) is 16.2 Å². The van der Waals surface area contributed by atoms with Gasteiger partial charge in [-0.25, -0.2) is 0 Å². The van der Waals surface area contributed by atoms with Crippen molar-refractivity contribution in [1.82, 2.24) is 0 Å². The summed E-state index contributed by atoms with van der Waals surface area (Å²) in [6, 6.07) is 82.5. The van der Waals surface area contributed by atoms with Gasteiger partial charge in [0.15, 0.2) is 0 Å². The van der Waals surface area contributed by atoms with Gasteiger partial charge in [-0.15, -0.1) is 0 Å². The number of rotatable bonds is 6. The first kappa shape index (κ1) is 41.4. The van der Waals surface area contributed by atoms with Crippen LogP contribution in [0.3, 0.4) is 0 Å². The fourth-order valence-electron chi connectivity index (χ4n) is 12.5. The fraction of sp³-hybridized carbons (Fsp3) is 0.130. The van der Waals surface area contributed by atoms with Crippen LogP contribution in [0, 0.1) is 0 Å². The topological polar surface area (TPSA) is 0 Å². The Balaban J connectivity index is 0.929. The highest BCUT2D eigenvalue weighted by Crippen LogP contribution is 2.55. The minimum absolute atomic E-state index is 0.0808. The van der Waals surface area contributed by atoms with Gasteiger partial charge in [0.25, 0.3) is 0 Å². The lowest BCUT2D eigenvalue weighted by Crippen LogP contribution is -2.15. The lowest BCUT2D eigenvalue weighted by atomic mass is 9.79. The minimum Gasteiger partial charge on any atom is -0.0622 e. The van der Waals surface area contributed by atoms with E-state index in [-0.39, 0.29) is 16.2 Å². The molecule has 0 spiro atoms. The summed E-state index contributed by atoms with van der Waals surface area (Å²) < 4.78 is 0. The molecule has 0 N–H and O–H groups in total. The maximum absolute atomic E-state index is 2.50. The van der Waals surface area contributed by atoms with E-state index in [1.54, 1.807) is 0 Å². The molecule has 0 aliphatic heterocycles. The van der Waals surface area contributed by atoms with E-state index in [9.17, 15) is 0 Å². The highest BCUT2D eigenvalue weighted by Gasteiger charge is 2.39. The van der Waals surface area contributed by atoms with Gasteiger partial charge in [-0.1, -0.05) is 224 Å². The normalized spacial score (nSPS) is 14.9. The van der Waals surface area contributed by atoms with Crippen LogP contribution in [0.4, 0.5) is 0 Å². The molecule has 13 rings (SSSR count). The third-order valence-electron chi connectivity index (χ3n) is 16.3. The zero-order valence-electron chi connectivity index (χ0n) is 40.3. The van der Waals surface area contributed by atoms with E-state index < -0.39 is 0 Å². The van der Waals surface area contributed by atoms with Crippen molar-refractivity contribution in [2.24, 2.45) is 0 Å². The Morgan fingerprint density at radius 3 is 0.797 bits per heavy atom. The summed E-state index contributed by atoms with van der Waals surface area (Å²) in [4.78, 5) is 0. The van der Waals surface area contributed by atoms with Crippen LogP contribution >= 0.6 is 0 Å². The van der Waals surface area contributed by atoms with Crippen molar-refractivity contribution < 1.29 is 0 Å². The monoisotopic (exact) mass is 882 g/mol. The molecule has 0 bridgehead atoms. The van der Waals surface area contributed by atoms with Gasteiger partial charge in [-0.2, -0.15) is 0 Å². The second kappa shape index (κ2) is 15.1. The largest absolute Gasteiger partial charge is 0.0622 e. The first-order chi connectivity index (χ1) is 33.5. The maximum atomic E-state index is 2.50. The Bertz CT molecular complexity index is 3480. The van der Waals surface area contributed by atoms with Gasteiger partial charge < -0.3 is 0 Å². The molecule has 10 aromatic carbocycles. The molecule has 0 saturated heterocycles. The van der Waals surface area contributed by atoms with Gasteiger partial charge in [-0.05, 0) is 170 Å². The summed E-state index contributed by atoms with van der Waals surface area (Å²) in [5, 5.41) is 0. The Labute approximate surface area is 407 Å². The van der Waals surface area contributed by atoms with Crippen LogP contribution < -0.4 is 0 Å². The van der Waals surface area contributed by atoms with Crippen LogP contribution in [0.5, 0.6) is 0 Å². The first-order valence-electron chi connectivity index (χ1n) is 24.7. The van der Waals surface area contributed by atoms with E-state index in [4.69, 9.17) is 0 Å². The first-order valence-corrected chi connectivity index (χ1v) is 24.7. The SMILES string of the molecule is CC1(C)c2ccccc2-c2ccc(-c3ccc(-c4ccccc4)cc3-c3ccc4c(c3)C(C)(C)c3cc(-c5cc(-c6ccccc6)ccc5-c5ccc6c(c5)C(C)(C)c5ccccc5-6)ccc3-4)cc21. The number of benzene rings is 10. The molecular weight excluding hydrogens is 829 g/mol. The van der Waals surface area contributed by atoms with Crippen molar-refractivity contribution in [3.8, 4) is 100 Å². The minimum atomic E-state index is -0.238. The smallest absolute Gasteiger partial charge is 0.0159 e. The lowest BCUT2D eigenvalue weighted by Gasteiger charge is -2.24. The Kier molecular flexibility index (Phi) is 9.06. The molecule has 0 aromatic heterocycles. The van der Waals surface area contributed by atoms with Crippen molar-refractivity contribution >= 4 is 0 Å². The molecule has 0 unspecified atom stereocenters. The average molecular weight is 883 g/mol. The molecular formula is C69H54. The third-order valence-corrected chi connectivity index (χ3v) is 16.3. The Hall–Kier alpha value is -7.80. The van der Waals surface area contributed by atoms with Crippen LogP contribution in [0.25, 0.3) is 100 Å². The molecule has 0 heterocycles. The van der Waals surface area contributed by atoms with Gasteiger partial charge >= 0.3 is 0 Å². The number of hydrogen-bond acceptors (Lipinski definition) is 0. The molecule has 0 saturated carbocycles. The zero-order chi connectivity index (χ0) is 46.8. The van der Waals surface area contributed by atoms with Crippen LogP contribution in [0.2, 0.25) is 0 Å². The summed E-state index contributed by atoms with van der Waals surface area (Å²) in [6.07, 6.45) is 0. The number of hydrogen-bond donors (Lipinski definition) is 0. The standard InChI is InChI=1S/C69H54/c1-67(2)61-23-15-13-21-53(61)55-33-27-47(39-63(55)67)51-31-25-45(43-17-9-7-10-18-43)37-59(51)49-29-35-57-58-36-30-50(42-66(58)69(5,6)65(57)41-49)60-38-46(44-19-11-8-12-20-44)26-32-52(60)48-28-34-56-54-22-14-16-24-62(54)68(3,4)64(56)40-48/h7-42H,1-6H3. The van der Waals surface area contributed by atoms with Crippen LogP contribution in [-0.4, -0.2) is 0 Å². The molecule has 0 heteroatoms. The van der Waals surface area contributed by atoms with Gasteiger partial charge in [0.2, 0.25) is 0 Å². The molecule has 69 heavy (non-hydrogen) atoms. The zero-order valence-corrected chi connectivity index (χ0v) is 40.3. The second-order valence-corrected chi connectivity index (χ2v) is 21.3. The summed E-state index contributed by atoms with van der Waals surface area (Å²) in [5.41, 5.74) is 30.9. The summed E-state index contributed by atoms with van der Waals surface area (Å²) in [7, 11) is 0. The molecule has 3 aliphatic carbocycles. The molecule has 0 nitrogen and oxygen atoms in total. The molecule has 0 fully saturated rings. The third kappa shape index (κ3) is 6.28. The maximum Gasteiger partial charge on any atom is 0.0159 e. The highest BCUT2D eigenvalue weighted by atomic mass is 14.4. The van der Waals surface area contributed by atoms with Crippen molar-refractivity contribution in [1.29, 1.82) is 0 Å². The summed E-state index contributed by atoms with van der Waals surface area (Å²) >= 11 is 0. The second-order valence-electron chi connectivity index (χ2n) is 21.3. The van der Waals surface area contributed by atoms with E-state index >= 15 is 0 Å². The molecule has 3 aliphatic rings. The predicted molar refractivity (Wildman–Crippen MR) is 292 cm³/mol. The van der Waals surface area contributed by atoms with E-state index in [1.165, 1.54) is 134 Å². The average Bonchev–Trinajstić information content (AvgIpc) is 3.87. The van der Waals surface area contributed by atoms with E-state index in [0.717, 1.165) is 0 Å². The lowest BCUT2D eigenvalue weighted by molar-refractivity contribution is 0.660.